The highest BCUT2D eigenvalue weighted by Crippen LogP contribution is 2.28. The number of hydrogen-bond acceptors (Lipinski definition) is 3. The van der Waals surface area contributed by atoms with Gasteiger partial charge in [-0.25, -0.2) is 21.9 Å². The van der Waals surface area contributed by atoms with Crippen molar-refractivity contribution in [1.29, 1.82) is 0 Å². The van der Waals surface area contributed by atoms with E-state index < -0.39 is 26.6 Å². The molecule has 21 heavy (non-hydrogen) atoms. The van der Waals surface area contributed by atoms with Crippen LogP contribution in [0.1, 0.15) is 39.0 Å². The molecule has 2 rings (SSSR count). The molecule has 0 saturated heterocycles. The van der Waals surface area contributed by atoms with Crippen molar-refractivity contribution in [3.63, 3.8) is 0 Å². The van der Waals surface area contributed by atoms with Crippen molar-refractivity contribution in [2.75, 3.05) is 5.73 Å². The molecule has 2 unspecified atom stereocenters. The maximum Gasteiger partial charge on any atom is 0.243 e. The predicted octanol–water partition coefficient (Wildman–Crippen LogP) is 2.79. The van der Waals surface area contributed by atoms with Crippen LogP contribution in [-0.4, -0.2) is 14.5 Å². The van der Waals surface area contributed by atoms with Gasteiger partial charge in [0, 0.05) is 12.1 Å². The zero-order chi connectivity index (χ0) is 15.6. The standard InChI is InChI=1S/C14H20F2N2O2S/c1-2-9-4-3-5-10(6-9)18-21(19,20)14-8-13(17)11(15)7-12(14)16/h7-10,18H,2-6,17H2,1H3. The van der Waals surface area contributed by atoms with Crippen LogP contribution in [0.5, 0.6) is 0 Å². The van der Waals surface area contributed by atoms with Gasteiger partial charge in [-0.1, -0.05) is 26.2 Å². The molecule has 0 spiro atoms. The number of halogens is 2. The molecule has 0 heterocycles. The lowest BCUT2D eigenvalue weighted by atomic mass is 9.85. The van der Waals surface area contributed by atoms with Gasteiger partial charge in [0.25, 0.3) is 0 Å². The summed E-state index contributed by atoms with van der Waals surface area (Å²) in [7, 11) is -4.03. The minimum Gasteiger partial charge on any atom is -0.396 e. The number of rotatable bonds is 4. The summed E-state index contributed by atoms with van der Waals surface area (Å²) in [6.45, 7) is 2.07. The molecule has 0 radical (unpaired) electrons. The lowest BCUT2D eigenvalue weighted by Crippen LogP contribution is -2.38. The predicted molar refractivity (Wildman–Crippen MR) is 77.1 cm³/mol. The number of anilines is 1. The first-order valence-corrected chi connectivity index (χ1v) is 8.58. The van der Waals surface area contributed by atoms with Crippen LogP contribution in [0, 0.1) is 17.6 Å². The Kier molecular flexibility index (Phi) is 4.83. The molecule has 0 aliphatic heterocycles. The van der Waals surface area contributed by atoms with Crippen LogP contribution in [-0.2, 0) is 10.0 Å². The fourth-order valence-electron chi connectivity index (χ4n) is 2.80. The first kappa shape index (κ1) is 16.2. The Bertz CT molecular complexity index is 620. The number of hydrogen-bond donors (Lipinski definition) is 2. The first-order valence-electron chi connectivity index (χ1n) is 7.10. The van der Waals surface area contributed by atoms with Crippen molar-refractivity contribution < 1.29 is 17.2 Å². The van der Waals surface area contributed by atoms with Crippen LogP contribution in [0.3, 0.4) is 0 Å². The van der Waals surface area contributed by atoms with Crippen molar-refractivity contribution in [3.8, 4) is 0 Å². The summed E-state index contributed by atoms with van der Waals surface area (Å²) >= 11 is 0. The molecule has 3 N–H and O–H groups in total. The Hall–Kier alpha value is -1.21. The first-order chi connectivity index (χ1) is 9.83. The van der Waals surface area contributed by atoms with Crippen LogP contribution in [0.15, 0.2) is 17.0 Å². The molecule has 4 nitrogen and oxygen atoms in total. The average molecular weight is 318 g/mol. The summed E-state index contributed by atoms with van der Waals surface area (Å²) in [6, 6.07) is 1.12. The number of nitrogens with two attached hydrogens (primary N) is 1. The molecule has 1 aliphatic rings. The molecule has 7 heteroatoms. The summed E-state index contributed by atoms with van der Waals surface area (Å²) < 4.78 is 53.9. The van der Waals surface area contributed by atoms with Gasteiger partial charge in [-0.3, -0.25) is 0 Å². The quantitative estimate of drug-likeness (QED) is 0.839. The number of nitrogens with one attached hydrogen (secondary N) is 1. The number of nitrogen functional groups attached to an aromatic ring is 1. The van der Waals surface area contributed by atoms with E-state index >= 15 is 0 Å². The molecule has 0 bridgehead atoms. The second-order valence-electron chi connectivity index (χ2n) is 5.56. The van der Waals surface area contributed by atoms with E-state index in [2.05, 4.69) is 11.6 Å². The van der Waals surface area contributed by atoms with Crippen molar-refractivity contribution in [3.05, 3.63) is 23.8 Å². The molecule has 1 aliphatic carbocycles. The van der Waals surface area contributed by atoms with Crippen molar-refractivity contribution in [2.45, 2.75) is 50.0 Å². The molecule has 1 aromatic carbocycles. The molecule has 1 saturated carbocycles. The lowest BCUT2D eigenvalue weighted by Gasteiger charge is -2.28. The molecule has 0 amide bonds. The fraction of sp³-hybridized carbons (Fsp3) is 0.571. The summed E-state index contributed by atoms with van der Waals surface area (Å²) in [6.07, 6.45) is 4.50. The highest BCUT2D eigenvalue weighted by Gasteiger charge is 2.28. The van der Waals surface area contributed by atoms with E-state index in [0.29, 0.717) is 12.0 Å². The van der Waals surface area contributed by atoms with E-state index in [1.54, 1.807) is 0 Å². The van der Waals surface area contributed by atoms with Crippen LogP contribution in [0.25, 0.3) is 0 Å². The summed E-state index contributed by atoms with van der Waals surface area (Å²) in [4.78, 5) is -0.597. The minimum atomic E-state index is -4.03. The smallest absolute Gasteiger partial charge is 0.243 e. The highest BCUT2D eigenvalue weighted by atomic mass is 32.2. The van der Waals surface area contributed by atoms with E-state index in [1.807, 2.05) is 0 Å². The molecule has 1 aromatic rings. The largest absolute Gasteiger partial charge is 0.396 e. The van der Waals surface area contributed by atoms with E-state index in [4.69, 9.17) is 5.73 Å². The minimum absolute atomic E-state index is 0.209. The molecule has 2 atom stereocenters. The second kappa shape index (κ2) is 6.27. The number of benzene rings is 1. The van der Waals surface area contributed by atoms with Gasteiger partial charge in [-0.05, 0) is 24.8 Å². The SMILES string of the molecule is CCC1CCCC(NS(=O)(=O)c2cc(N)c(F)cc2F)C1. The second-order valence-corrected chi connectivity index (χ2v) is 7.25. The van der Waals surface area contributed by atoms with Gasteiger partial charge in [0.1, 0.15) is 16.5 Å². The van der Waals surface area contributed by atoms with Gasteiger partial charge in [0.2, 0.25) is 10.0 Å². The van der Waals surface area contributed by atoms with E-state index in [-0.39, 0.29) is 11.7 Å². The van der Waals surface area contributed by atoms with E-state index in [0.717, 1.165) is 38.2 Å². The Balaban J connectivity index is 2.20. The van der Waals surface area contributed by atoms with Gasteiger partial charge < -0.3 is 5.73 Å². The average Bonchev–Trinajstić information content (AvgIpc) is 2.42. The third kappa shape index (κ3) is 3.71. The fourth-order valence-corrected chi connectivity index (χ4v) is 4.18. The van der Waals surface area contributed by atoms with E-state index in [9.17, 15) is 17.2 Å². The maximum absolute atomic E-state index is 13.7. The van der Waals surface area contributed by atoms with Crippen LogP contribution < -0.4 is 10.5 Å². The van der Waals surface area contributed by atoms with Crippen molar-refractivity contribution in [1.82, 2.24) is 4.72 Å². The molecular formula is C14H20F2N2O2S. The number of sulfonamides is 1. The zero-order valence-corrected chi connectivity index (χ0v) is 12.7. The van der Waals surface area contributed by atoms with Crippen LogP contribution in [0.2, 0.25) is 0 Å². The van der Waals surface area contributed by atoms with Gasteiger partial charge in [-0.2, -0.15) is 0 Å². The topological polar surface area (TPSA) is 72.2 Å². The van der Waals surface area contributed by atoms with Crippen LogP contribution >= 0.6 is 0 Å². The zero-order valence-electron chi connectivity index (χ0n) is 11.9. The Morgan fingerprint density at radius 3 is 2.67 bits per heavy atom. The molecule has 1 fully saturated rings. The molecule has 118 valence electrons. The summed E-state index contributed by atoms with van der Waals surface area (Å²) in [5, 5.41) is 0. The third-order valence-electron chi connectivity index (χ3n) is 4.02. The molecular weight excluding hydrogens is 298 g/mol. The lowest BCUT2D eigenvalue weighted by molar-refractivity contribution is 0.301. The highest BCUT2D eigenvalue weighted by molar-refractivity contribution is 7.89. The Morgan fingerprint density at radius 1 is 1.29 bits per heavy atom. The van der Waals surface area contributed by atoms with Crippen molar-refractivity contribution in [2.24, 2.45) is 5.92 Å². The van der Waals surface area contributed by atoms with Gasteiger partial charge in [0.05, 0.1) is 5.69 Å². The van der Waals surface area contributed by atoms with Crippen molar-refractivity contribution >= 4 is 15.7 Å². The Labute approximate surface area is 123 Å². The monoisotopic (exact) mass is 318 g/mol. The summed E-state index contributed by atoms with van der Waals surface area (Å²) in [5.74, 6) is -1.61. The molecule has 0 aromatic heterocycles. The summed E-state index contributed by atoms with van der Waals surface area (Å²) in [5.41, 5.74) is 4.95. The van der Waals surface area contributed by atoms with Crippen LogP contribution in [0.4, 0.5) is 14.5 Å². The van der Waals surface area contributed by atoms with Gasteiger partial charge in [0.15, 0.2) is 0 Å². The third-order valence-corrected chi connectivity index (χ3v) is 5.56. The normalized spacial score (nSPS) is 23.2. The maximum atomic E-state index is 13.7. The van der Waals surface area contributed by atoms with Gasteiger partial charge in [-0.15, -0.1) is 0 Å². The van der Waals surface area contributed by atoms with Gasteiger partial charge >= 0.3 is 0 Å². The van der Waals surface area contributed by atoms with E-state index in [1.165, 1.54) is 0 Å². The Morgan fingerprint density at radius 2 is 2.00 bits per heavy atom.